The third-order valence-corrected chi connectivity index (χ3v) is 7.90. The Morgan fingerprint density at radius 1 is 0.974 bits per heavy atom. The van der Waals surface area contributed by atoms with E-state index in [9.17, 15) is 0 Å². The molecular weight excluding hydrogens is 484 g/mol. The van der Waals surface area contributed by atoms with Gasteiger partial charge >= 0.3 is 0 Å². The van der Waals surface area contributed by atoms with Gasteiger partial charge in [0.15, 0.2) is 0 Å². The van der Waals surface area contributed by atoms with Crippen LogP contribution in [0.4, 0.5) is 11.6 Å². The van der Waals surface area contributed by atoms with Crippen molar-refractivity contribution in [3.63, 3.8) is 0 Å². The molecule has 0 spiro atoms. The zero-order valence-corrected chi connectivity index (χ0v) is 23.1. The lowest BCUT2D eigenvalue weighted by Gasteiger charge is -2.35. The Balaban J connectivity index is 1.31. The van der Waals surface area contributed by atoms with Gasteiger partial charge in [-0.05, 0) is 70.1 Å². The Morgan fingerprint density at radius 3 is 2.54 bits per heavy atom. The highest BCUT2D eigenvalue weighted by molar-refractivity contribution is 6.01. The maximum absolute atomic E-state index is 4.73. The van der Waals surface area contributed by atoms with Gasteiger partial charge in [0, 0.05) is 54.0 Å². The van der Waals surface area contributed by atoms with Crippen molar-refractivity contribution in [2.75, 3.05) is 37.4 Å². The molecule has 1 aliphatic heterocycles. The summed E-state index contributed by atoms with van der Waals surface area (Å²) in [6.45, 7) is 6.29. The molecule has 1 fully saturated rings. The predicted molar refractivity (Wildman–Crippen MR) is 159 cm³/mol. The van der Waals surface area contributed by atoms with Crippen molar-refractivity contribution in [3.05, 3.63) is 78.6 Å². The minimum absolute atomic E-state index is 0.000694. The van der Waals surface area contributed by atoms with E-state index in [4.69, 9.17) is 9.97 Å². The Kier molecular flexibility index (Phi) is 6.79. The molecular formula is C31H36N8. The number of hydrogen-bond acceptors (Lipinski definition) is 6. The summed E-state index contributed by atoms with van der Waals surface area (Å²) in [6.07, 6.45) is 7.85. The van der Waals surface area contributed by atoms with Crippen molar-refractivity contribution >= 4 is 22.7 Å². The lowest BCUT2D eigenvalue weighted by Crippen LogP contribution is -2.42. The van der Waals surface area contributed by atoms with E-state index >= 15 is 0 Å². The summed E-state index contributed by atoms with van der Waals surface area (Å²) in [5, 5.41) is 4.66. The summed E-state index contributed by atoms with van der Waals surface area (Å²) in [7, 11) is 4.34. The van der Waals surface area contributed by atoms with Gasteiger partial charge in [0.1, 0.15) is 23.6 Å². The van der Waals surface area contributed by atoms with Crippen LogP contribution in [0.3, 0.4) is 0 Å². The highest BCUT2D eigenvalue weighted by Crippen LogP contribution is 2.36. The summed E-state index contributed by atoms with van der Waals surface area (Å²) < 4.78 is 0. The molecule has 39 heavy (non-hydrogen) atoms. The second-order valence-corrected chi connectivity index (χ2v) is 10.7. The van der Waals surface area contributed by atoms with Crippen molar-refractivity contribution in [1.82, 2.24) is 29.8 Å². The van der Waals surface area contributed by atoms with E-state index in [1.807, 2.05) is 18.5 Å². The first-order chi connectivity index (χ1) is 19.0. The average Bonchev–Trinajstić information content (AvgIpc) is 3.58. The van der Waals surface area contributed by atoms with Crippen LogP contribution in [-0.4, -0.2) is 63.0 Å². The van der Waals surface area contributed by atoms with E-state index in [0.29, 0.717) is 6.04 Å². The third kappa shape index (κ3) is 5.00. The Bertz CT molecular complexity index is 1560. The third-order valence-electron chi connectivity index (χ3n) is 7.90. The number of hydrogen-bond donors (Lipinski definition) is 3. The number of anilines is 2. The van der Waals surface area contributed by atoms with E-state index < -0.39 is 0 Å². The fourth-order valence-electron chi connectivity index (χ4n) is 5.76. The van der Waals surface area contributed by atoms with Gasteiger partial charge in [-0.1, -0.05) is 30.3 Å². The summed E-state index contributed by atoms with van der Waals surface area (Å²) in [6, 6.07) is 17.6. The minimum Gasteiger partial charge on any atom is -0.361 e. The molecule has 0 aliphatic carbocycles. The number of aryl methyl sites for hydroxylation is 1. The van der Waals surface area contributed by atoms with Crippen molar-refractivity contribution in [2.45, 2.75) is 38.8 Å². The van der Waals surface area contributed by atoms with Gasteiger partial charge in [-0.15, -0.1) is 0 Å². The lowest BCUT2D eigenvalue weighted by atomic mass is 10.0. The molecule has 8 heteroatoms. The molecule has 3 N–H and O–H groups in total. The van der Waals surface area contributed by atoms with Crippen molar-refractivity contribution in [3.8, 4) is 22.3 Å². The van der Waals surface area contributed by atoms with E-state index in [1.165, 1.54) is 11.1 Å². The highest BCUT2D eigenvalue weighted by atomic mass is 15.2. The van der Waals surface area contributed by atoms with Gasteiger partial charge in [-0.3, -0.25) is 0 Å². The number of rotatable bonds is 7. The first-order valence-electron chi connectivity index (χ1n) is 13.7. The first kappa shape index (κ1) is 25.1. The van der Waals surface area contributed by atoms with Crippen molar-refractivity contribution in [2.24, 2.45) is 0 Å². The molecule has 1 saturated heterocycles. The van der Waals surface area contributed by atoms with Crippen LogP contribution < -0.4 is 10.2 Å². The lowest BCUT2D eigenvalue weighted by molar-refractivity contribution is 0.249. The Hall–Kier alpha value is -4.17. The molecule has 1 atom stereocenters. The molecule has 0 radical (unpaired) electrons. The van der Waals surface area contributed by atoms with Crippen molar-refractivity contribution < 1.29 is 0 Å². The largest absolute Gasteiger partial charge is 0.361 e. The second kappa shape index (κ2) is 10.5. The molecule has 1 aromatic carbocycles. The fraction of sp³-hybridized carbons (Fsp3) is 0.323. The average molecular weight is 521 g/mol. The normalized spacial score (nSPS) is 15.3. The molecule has 4 aromatic heterocycles. The summed E-state index contributed by atoms with van der Waals surface area (Å²) in [4.78, 5) is 25.6. The zero-order valence-electron chi connectivity index (χ0n) is 23.1. The van der Waals surface area contributed by atoms with E-state index in [2.05, 4.69) is 100 Å². The molecule has 8 nitrogen and oxygen atoms in total. The molecule has 0 saturated carbocycles. The van der Waals surface area contributed by atoms with E-state index in [-0.39, 0.29) is 6.04 Å². The summed E-state index contributed by atoms with van der Waals surface area (Å²) >= 11 is 0. The number of H-pyrrole nitrogens is 2. The van der Waals surface area contributed by atoms with Crippen LogP contribution in [0.1, 0.15) is 37.2 Å². The summed E-state index contributed by atoms with van der Waals surface area (Å²) in [5.41, 5.74) is 7.64. The van der Waals surface area contributed by atoms with Gasteiger partial charge in [0.2, 0.25) is 0 Å². The number of pyridine rings is 1. The van der Waals surface area contributed by atoms with Crippen LogP contribution >= 0.6 is 0 Å². The number of piperidine rings is 1. The number of fused-ring (bicyclic) bond motifs is 1. The smallest absolute Gasteiger partial charge is 0.143 e. The van der Waals surface area contributed by atoms with Crippen molar-refractivity contribution in [1.29, 1.82) is 0 Å². The van der Waals surface area contributed by atoms with Crippen LogP contribution in [0.15, 0.2) is 67.3 Å². The van der Waals surface area contributed by atoms with E-state index in [1.54, 1.807) is 6.33 Å². The van der Waals surface area contributed by atoms with Gasteiger partial charge in [-0.25, -0.2) is 15.0 Å². The molecule has 200 valence electrons. The quantitative estimate of drug-likeness (QED) is 0.243. The number of aromatic nitrogens is 5. The number of nitrogens with zero attached hydrogens (tertiary/aromatic N) is 5. The first-order valence-corrected chi connectivity index (χ1v) is 13.7. The molecule has 1 aliphatic rings. The van der Waals surface area contributed by atoms with Gasteiger partial charge in [-0.2, -0.15) is 0 Å². The Morgan fingerprint density at radius 2 is 1.77 bits per heavy atom. The van der Waals surface area contributed by atoms with Gasteiger partial charge in [0.25, 0.3) is 0 Å². The monoisotopic (exact) mass is 520 g/mol. The second-order valence-electron chi connectivity index (χ2n) is 10.7. The Labute approximate surface area is 229 Å². The SMILES string of the molecule is Cc1cc(-c2ccccc2)c([C@H](C)Nc2ncnc3[nH]cc(-c4ccnc(N5CCC(N(C)C)CC5)c4)c23)[nH]1. The van der Waals surface area contributed by atoms with Gasteiger partial charge in [0.05, 0.1) is 11.4 Å². The van der Waals surface area contributed by atoms with Gasteiger partial charge < -0.3 is 25.1 Å². The highest BCUT2D eigenvalue weighted by Gasteiger charge is 2.23. The summed E-state index contributed by atoms with van der Waals surface area (Å²) in [5.74, 6) is 1.83. The van der Waals surface area contributed by atoms with Crippen LogP contribution in [0.2, 0.25) is 0 Å². The van der Waals surface area contributed by atoms with Crippen LogP contribution in [0.5, 0.6) is 0 Å². The number of nitrogens with one attached hydrogen (secondary N) is 3. The predicted octanol–water partition coefficient (Wildman–Crippen LogP) is 6.03. The molecule has 0 unspecified atom stereocenters. The van der Waals surface area contributed by atoms with Crippen LogP contribution in [0.25, 0.3) is 33.3 Å². The number of benzene rings is 1. The van der Waals surface area contributed by atoms with Crippen LogP contribution in [-0.2, 0) is 0 Å². The zero-order chi connectivity index (χ0) is 26.9. The molecule has 0 amide bonds. The maximum atomic E-state index is 4.73. The molecule has 5 heterocycles. The number of aromatic amines is 2. The molecule has 5 aromatic rings. The minimum atomic E-state index is 0.000694. The topological polar surface area (TPSA) is 88.8 Å². The van der Waals surface area contributed by atoms with Crippen LogP contribution in [0, 0.1) is 6.92 Å². The maximum Gasteiger partial charge on any atom is 0.143 e. The fourth-order valence-corrected chi connectivity index (χ4v) is 5.76. The standard InChI is InChI=1S/C31H36N8/c1-20-16-25(22-8-6-5-7-9-22)29(36-20)21(2)37-31-28-26(18-33-30(28)34-19-35-31)23-10-13-32-27(17-23)39-14-11-24(12-15-39)38(3)4/h5-10,13,16-19,21,24,36H,11-12,14-15H2,1-4H3,(H2,33,34,35,37)/t21-/m0/s1. The van der Waals surface area contributed by atoms with E-state index in [0.717, 1.165) is 71.1 Å². The molecule has 6 rings (SSSR count). The molecule has 0 bridgehead atoms.